The highest BCUT2D eigenvalue weighted by Crippen LogP contribution is 2.37. The van der Waals surface area contributed by atoms with Gasteiger partial charge in [-0.05, 0) is 31.0 Å². The van der Waals surface area contributed by atoms with Crippen molar-refractivity contribution >= 4 is 17.5 Å². The summed E-state index contributed by atoms with van der Waals surface area (Å²) in [6, 6.07) is 3.63. The molecule has 20 heavy (non-hydrogen) atoms. The van der Waals surface area contributed by atoms with Crippen LogP contribution in [0.5, 0.6) is 0 Å². The van der Waals surface area contributed by atoms with Crippen molar-refractivity contribution in [3.05, 3.63) is 34.6 Å². The van der Waals surface area contributed by atoms with Crippen LogP contribution >= 0.6 is 11.6 Å². The van der Waals surface area contributed by atoms with Gasteiger partial charge in [0.15, 0.2) is 0 Å². The van der Waals surface area contributed by atoms with Crippen molar-refractivity contribution in [3.8, 4) is 0 Å². The van der Waals surface area contributed by atoms with E-state index >= 15 is 0 Å². The van der Waals surface area contributed by atoms with E-state index in [9.17, 15) is 9.18 Å². The van der Waals surface area contributed by atoms with Gasteiger partial charge < -0.3 is 15.8 Å². The first kappa shape index (κ1) is 13.8. The molecule has 6 heteroatoms. The van der Waals surface area contributed by atoms with Crippen LogP contribution in [-0.2, 0) is 4.74 Å². The van der Waals surface area contributed by atoms with Gasteiger partial charge in [-0.3, -0.25) is 4.79 Å². The van der Waals surface area contributed by atoms with Gasteiger partial charge in [0.1, 0.15) is 5.82 Å². The molecule has 1 aliphatic carbocycles. The van der Waals surface area contributed by atoms with E-state index in [4.69, 9.17) is 22.1 Å². The van der Waals surface area contributed by atoms with E-state index in [-0.39, 0.29) is 29.1 Å². The van der Waals surface area contributed by atoms with Crippen LogP contribution in [0, 0.1) is 11.7 Å². The molecule has 1 saturated heterocycles. The fourth-order valence-corrected chi connectivity index (χ4v) is 3.18. The number of amides is 1. The zero-order chi connectivity index (χ0) is 14.3. The largest absolute Gasteiger partial charge is 0.376 e. The van der Waals surface area contributed by atoms with Gasteiger partial charge in [-0.2, -0.15) is 0 Å². The average Bonchev–Trinajstić information content (AvgIpc) is 2.47. The van der Waals surface area contributed by atoms with Gasteiger partial charge >= 0.3 is 0 Å². The zero-order valence-corrected chi connectivity index (χ0v) is 11.6. The first-order chi connectivity index (χ1) is 9.58. The number of ether oxygens (including phenoxy) is 1. The Bertz CT molecular complexity index is 540. The number of nitrogens with one attached hydrogen (secondary N) is 1. The summed E-state index contributed by atoms with van der Waals surface area (Å²) < 4.78 is 18.7. The predicted octanol–water partition coefficient (Wildman–Crippen LogP) is 1.71. The Morgan fingerprint density at radius 1 is 1.50 bits per heavy atom. The van der Waals surface area contributed by atoms with Crippen LogP contribution in [0.1, 0.15) is 23.2 Å². The Morgan fingerprint density at radius 2 is 2.30 bits per heavy atom. The molecular weight excluding hydrogens is 283 g/mol. The molecule has 108 valence electrons. The summed E-state index contributed by atoms with van der Waals surface area (Å²) in [5.74, 6) is -0.523. The number of hydrogen-bond donors (Lipinski definition) is 2. The lowest BCUT2D eigenvalue weighted by atomic mass is 9.68. The van der Waals surface area contributed by atoms with Gasteiger partial charge in [0.2, 0.25) is 0 Å². The molecule has 1 saturated carbocycles. The topological polar surface area (TPSA) is 64.3 Å². The van der Waals surface area contributed by atoms with Gasteiger partial charge in [-0.1, -0.05) is 11.6 Å². The van der Waals surface area contributed by atoms with Crippen molar-refractivity contribution in [2.45, 2.75) is 31.0 Å². The van der Waals surface area contributed by atoms with Gasteiger partial charge in [-0.15, -0.1) is 0 Å². The highest BCUT2D eigenvalue weighted by Gasteiger charge is 2.51. The molecule has 2 aliphatic rings. The van der Waals surface area contributed by atoms with E-state index < -0.39 is 5.82 Å². The van der Waals surface area contributed by atoms with E-state index in [2.05, 4.69) is 5.32 Å². The summed E-state index contributed by atoms with van der Waals surface area (Å²) >= 11 is 5.68. The van der Waals surface area contributed by atoms with Crippen LogP contribution in [0.3, 0.4) is 0 Å². The zero-order valence-electron chi connectivity index (χ0n) is 10.8. The van der Waals surface area contributed by atoms with Crippen LogP contribution in [-0.4, -0.2) is 30.7 Å². The molecule has 0 spiro atoms. The van der Waals surface area contributed by atoms with E-state index in [1.807, 2.05) is 0 Å². The van der Waals surface area contributed by atoms with Crippen LogP contribution in [0.25, 0.3) is 0 Å². The number of rotatable bonds is 2. The lowest BCUT2D eigenvalue weighted by molar-refractivity contribution is -0.117. The highest BCUT2D eigenvalue weighted by atomic mass is 35.5. The van der Waals surface area contributed by atoms with E-state index in [0.29, 0.717) is 18.1 Å². The molecule has 4 nitrogen and oxygen atoms in total. The van der Waals surface area contributed by atoms with Crippen LogP contribution in [0.15, 0.2) is 18.2 Å². The summed E-state index contributed by atoms with van der Waals surface area (Å²) in [6.45, 7) is 0.711. The van der Waals surface area contributed by atoms with Crippen molar-refractivity contribution in [3.63, 3.8) is 0 Å². The van der Waals surface area contributed by atoms with Crippen molar-refractivity contribution in [2.75, 3.05) is 6.61 Å². The lowest BCUT2D eigenvalue weighted by Crippen LogP contribution is -2.72. The maximum Gasteiger partial charge on any atom is 0.251 e. The normalized spacial score (nSPS) is 32.1. The molecule has 1 amide bonds. The van der Waals surface area contributed by atoms with Crippen molar-refractivity contribution < 1.29 is 13.9 Å². The molecule has 4 atom stereocenters. The molecule has 0 bridgehead atoms. The smallest absolute Gasteiger partial charge is 0.251 e. The Labute approximate surface area is 121 Å². The van der Waals surface area contributed by atoms with Crippen molar-refractivity contribution in [1.82, 2.24) is 5.32 Å². The van der Waals surface area contributed by atoms with E-state index in [1.54, 1.807) is 0 Å². The fraction of sp³-hybridized carbons (Fsp3) is 0.500. The molecular formula is C14H16ClFN2O2. The highest BCUT2D eigenvalue weighted by molar-refractivity contribution is 6.31. The summed E-state index contributed by atoms with van der Waals surface area (Å²) in [6.07, 6.45) is 2.06. The number of nitrogens with two attached hydrogens (primary N) is 1. The predicted molar refractivity (Wildman–Crippen MR) is 73.1 cm³/mol. The molecule has 1 aromatic carbocycles. The van der Waals surface area contributed by atoms with Gasteiger partial charge in [-0.25, -0.2) is 4.39 Å². The molecule has 3 rings (SSSR count). The lowest BCUT2D eigenvalue weighted by Gasteiger charge is -2.52. The number of halogens is 2. The minimum atomic E-state index is -0.542. The second-order valence-electron chi connectivity index (χ2n) is 5.35. The third-order valence-electron chi connectivity index (χ3n) is 4.16. The second-order valence-corrected chi connectivity index (χ2v) is 5.75. The average molecular weight is 299 g/mol. The fourth-order valence-electron chi connectivity index (χ4n) is 3.00. The summed E-state index contributed by atoms with van der Waals surface area (Å²) in [4.78, 5) is 12.1. The van der Waals surface area contributed by atoms with E-state index in [0.717, 1.165) is 12.8 Å². The number of benzene rings is 1. The number of carbonyl (C=O) groups is 1. The Morgan fingerprint density at radius 3 is 3.05 bits per heavy atom. The van der Waals surface area contributed by atoms with Gasteiger partial charge in [0.05, 0.1) is 17.2 Å². The Balaban J connectivity index is 1.68. The molecule has 1 heterocycles. The molecule has 2 fully saturated rings. The summed E-state index contributed by atoms with van der Waals surface area (Å²) in [5, 5.41) is 2.79. The molecule has 1 aliphatic heterocycles. The molecule has 3 N–H and O–H groups in total. The van der Waals surface area contributed by atoms with Crippen LogP contribution in [0.2, 0.25) is 5.02 Å². The van der Waals surface area contributed by atoms with E-state index in [1.165, 1.54) is 18.2 Å². The molecule has 0 aromatic heterocycles. The minimum Gasteiger partial charge on any atom is -0.376 e. The quantitative estimate of drug-likeness (QED) is 0.874. The molecule has 1 aromatic rings. The first-order valence-corrected chi connectivity index (χ1v) is 7.09. The second kappa shape index (κ2) is 5.31. The standard InChI is InChI=1S/C14H16ClFN2O2/c15-9-6-7(3-4-10(9)16)14(19)18-12-11(17)8-2-1-5-20-13(8)12/h3-4,6,8,11-13H,1-2,5,17H2,(H,18,19). The molecule has 4 unspecified atom stereocenters. The maximum absolute atomic E-state index is 13.1. The summed E-state index contributed by atoms with van der Waals surface area (Å²) in [7, 11) is 0. The number of carbonyl (C=O) groups excluding carboxylic acids is 1. The van der Waals surface area contributed by atoms with Gasteiger partial charge in [0, 0.05) is 24.1 Å². The van der Waals surface area contributed by atoms with Gasteiger partial charge in [0.25, 0.3) is 5.91 Å². The molecule has 0 radical (unpaired) electrons. The monoisotopic (exact) mass is 298 g/mol. The number of hydrogen-bond acceptors (Lipinski definition) is 3. The first-order valence-electron chi connectivity index (χ1n) is 6.71. The minimum absolute atomic E-state index is 0.00128. The third-order valence-corrected chi connectivity index (χ3v) is 4.45. The van der Waals surface area contributed by atoms with Crippen LogP contribution < -0.4 is 11.1 Å². The van der Waals surface area contributed by atoms with Crippen LogP contribution in [0.4, 0.5) is 4.39 Å². The Kier molecular flexibility index (Phi) is 3.67. The SMILES string of the molecule is NC1C2CCCOC2C1NC(=O)c1ccc(F)c(Cl)c1. The Hall–Kier alpha value is -1.17. The van der Waals surface area contributed by atoms with Crippen molar-refractivity contribution in [2.24, 2.45) is 11.7 Å². The third kappa shape index (κ3) is 2.30. The maximum atomic E-state index is 13.1. The summed E-state index contributed by atoms with van der Waals surface area (Å²) in [5.41, 5.74) is 6.40. The number of fused-ring (bicyclic) bond motifs is 1. The van der Waals surface area contributed by atoms with Crippen molar-refractivity contribution in [1.29, 1.82) is 0 Å².